The number of carbonyl (C=O) groups excluding carboxylic acids is 1. The molecule has 60 valence electrons. The van der Waals surface area contributed by atoms with E-state index in [4.69, 9.17) is 6.42 Å². The van der Waals surface area contributed by atoms with Crippen molar-refractivity contribution in [1.29, 1.82) is 0 Å². The quantitative estimate of drug-likeness (QED) is 0.548. The van der Waals surface area contributed by atoms with E-state index >= 15 is 0 Å². The number of hydrogen-bond donors (Lipinski definition) is 0. The van der Waals surface area contributed by atoms with Crippen molar-refractivity contribution in [2.24, 2.45) is 5.92 Å². The molecule has 0 aromatic rings. The minimum absolute atomic E-state index is 0.0925. The van der Waals surface area contributed by atoms with Gasteiger partial charge in [-0.25, -0.2) is 0 Å². The zero-order valence-electron chi connectivity index (χ0n) is 6.84. The molecule has 0 aromatic heterocycles. The third-order valence-electron chi connectivity index (χ3n) is 1.90. The third-order valence-corrected chi connectivity index (χ3v) is 1.90. The average molecular weight is 151 g/mol. The van der Waals surface area contributed by atoms with Crippen molar-refractivity contribution in [1.82, 2.24) is 4.90 Å². The molecule has 0 bridgehead atoms. The molecule has 0 N–H and O–H groups in total. The summed E-state index contributed by atoms with van der Waals surface area (Å²) >= 11 is 0. The largest absolute Gasteiger partial charge is 0.332 e. The molecular weight excluding hydrogens is 138 g/mol. The molecular formula is C9H13NO. The van der Waals surface area contributed by atoms with Gasteiger partial charge in [-0.05, 0) is 18.8 Å². The molecule has 1 rings (SSSR count). The van der Waals surface area contributed by atoms with Crippen LogP contribution in [0.1, 0.15) is 19.8 Å². The van der Waals surface area contributed by atoms with Crippen LogP contribution < -0.4 is 0 Å². The lowest BCUT2D eigenvalue weighted by atomic mass is 10.3. The summed E-state index contributed by atoms with van der Waals surface area (Å²) in [5.41, 5.74) is 0. The maximum Gasteiger partial charge on any atom is 0.220 e. The second-order valence-electron chi connectivity index (χ2n) is 3.05. The molecule has 1 fully saturated rings. The van der Waals surface area contributed by atoms with Gasteiger partial charge in [0.2, 0.25) is 5.91 Å². The first-order valence-electron chi connectivity index (χ1n) is 3.93. The van der Waals surface area contributed by atoms with Crippen LogP contribution in [0.3, 0.4) is 0 Å². The van der Waals surface area contributed by atoms with Gasteiger partial charge < -0.3 is 4.90 Å². The molecule has 11 heavy (non-hydrogen) atoms. The van der Waals surface area contributed by atoms with Crippen molar-refractivity contribution in [3.05, 3.63) is 0 Å². The minimum atomic E-state index is 0.0925. The van der Waals surface area contributed by atoms with Crippen LogP contribution in [0.2, 0.25) is 0 Å². The predicted octanol–water partition coefficient (Wildman–Crippen LogP) is 0.878. The van der Waals surface area contributed by atoms with Crippen LogP contribution in [0.15, 0.2) is 0 Å². The molecule has 1 amide bonds. The summed E-state index contributed by atoms with van der Waals surface area (Å²) < 4.78 is 0. The Labute approximate surface area is 67.6 Å². The first kappa shape index (κ1) is 8.13. The van der Waals surface area contributed by atoms with E-state index in [0.717, 1.165) is 12.5 Å². The van der Waals surface area contributed by atoms with Gasteiger partial charge in [0, 0.05) is 13.5 Å². The lowest BCUT2D eigenvalue weighted by Gasteiger charge is -2.17. The normalized spacial score (nSPS) is 15.6. The van der Waals surface area contributed by atoms with E-state index in [1.54, 1.807) is 11.8 Å². The van der Waals surface area contributed by atoms with Crippen LogP contribution in [0.4, 0.5) is 0 Å². The summed E-state index contributed by atoms with van der Waals surface area (Å²) in [4.78, 5) is 12.7. The van der Waals surface area contributed by atoms with Gasteiger partial charge in [0.25, 0.3) is 0 Å². The van der Waals surface area contributed by atoms with E-state index in [-0.39, 0.29) is 5.91 Å². The molecule has 0 heterocycles. The molecule has 1 aliphatic carbocycles. The molecule has 0 saturated heterocycles. The Hall–Kier alpha value is -0.970. The Bertz CT molecular complexity index is 188. The number of carbonyl (C=O) groups is 1. The summed E-state index contributed by atoms with van der Waals surface area (Å²) in [7, 11) is 0. The lowest BCUT2D eigenvalue weighted by molar-refractivity contribution is -0.128. The molecule has 0 aromatic carbocycles. The first-order valence-corrected chi connectivity index (χ1v) is 3.93. The number of rotatable bonds is 3. The number of amides is 1. The van der Waals surface area contributed by atoms with Gasteiger partial charge in [0.15, 0.2) is 0 Å². The van der Waals surface area contributed by atoms with Crippen LogP contribution >= 0.6 is 0 Å². The summed E-state index contributed by atoms with van der Waals surface area (Å²) in [6.45, 7) is 2.89. The molecule has 2 nitrogen and oxygen atoms in total. The van der Waals surface area contributed by atoms with Gasteiger partial charge in [-0.15, -0.1) is 6.42 Å². The van der Waals surface area contributed by atoms with Crippen LogP contribution in [-0.4, -0.2) is 23.9 Å². The zero-order valence-corrected chi connectivity index (χ0v) is 6.84. The van der Waals surface area contributed by atoms with Gasteiger partial charge in [-0.1, -0.05) is 5.92 Å². The summed E-state index contributed by atoms with van der Waals surface area (Å²) in [5.74, 6) is 3.31. The topological polar surface area (TPSA) is 20.3 Å². The van der Waals surface area contributed by atoms with Gasteiger partial charge >= 0.3 is 0 Å². The van der Waals surface area contributed by atoms with E-state index in [2.05, 4.69) is 5.92 Å². The van der Waals surface area contributed by atoms with Crippen molar-refractivity contribution in [2.75, 3.05) is 13.1 Å². The number of nitrogens with zero attached hydrogens (tertiary/aromatic N) is 1. The Morgan fingerprint density at radius 1 is 1.73 bits per heavy atom. The Balaban J connectivity index is 2.32. The fourth-order valence-electron chi connectivity index (χ4n) is 1.03. The van der Waals surface area contributed by atoms with Crippen molar-refractivity contribution in [3.63, 3.8) is 0 Å². The highest BCUT2D eigenvalue weighted by Crippen LogP contribution is 2.29. The smallest absolute Gasteiger partial charge is 0.220 e. The van der Waals surface area contributed by atoms with Gasteiger partial charge in [0.05, 0.1) is 6.54 Å². The second-order valence-corrected chi connectivity index (χ2v) is 3.05. The minimum Gasteiger partial charge on any atom is -0.332 e. The number of terminal acetylenes is 1. The Kier molecular flexibility index (Phi) is 2.53. The molecule has 0 atom stereocenters. The van der Waals surface area contributed by atoms with Crippen LogP contribution in [0.5, 0.6) is 0 Å². The summed E-state index contributed by atoms with van der Waals surface area (Å²) in [6, 6.07) is 0. The lowest BCUT2D eigenvalue weighted by Crippen LogP contribution is -2.30. The average Bonchev–Trinajstić information content (AvgIpc) is 2.70. The molecule has 0 radical (unpaired) electrons. The van der Waals surface area contributed by atoms with Gasteiger partial charge in [0.1, 0.15) is 0 Å². The standard InChI is InChI=1S/C9H13NO/c1-3-6-10(8(2)11)7-9-4-5-9/h1,9H,4-7H2,2H3. The van der Waals surface area contributed by atoms with Crippen LogP contribution in [0.25, 0.3) is 0 Å². The van der Waals surface area contributed by atoms with Crippen molar-refractivity contribution < 1.29 is 4.79 Å². The van der Waals surface area contributed by atoms with E-state index in [9.17, 15) is 4.79 Å². The molecule has 1 saturated carbocycles. The maximum atomic E-state index is 10.9. The van der Waals surface area contributed by atoms with E-state index < -0.39 is 0 Å². The van der Waals surface area contributed by atoms with Crippen LogP contribution in [-0.2, 0) is 4.79 Å². The van der Waals surface area contributed by atoms with E-state index in [1.807, 2.05) is 0 Å². The van der Waals surface area contributed by atoms with E-state index in [0.29, 0.717) is 6.54 Å². The summed E-state index contributed by atoms with van der Waals surface area (Å²) in [6.07, 6.45) is 7.64. The van der Waals surface area contributed by atoms with Gasteiger partial charge in [-0.3, -0.25) is 4.79 Å². The maximum absolute atomic E-state index is 10.9. The fraction of sp³-hybridized carbons (Fsp3) is 0.667. The van der Waals surface area contributed by atoms with Crippen molar-refractivity contribution in [3.8, 4) is 12.3 Å². The second kappa shape index (κ2) is 3.43. The summed E-state index contributed by atoms with van der Waals surface area (Å²) in [5, 5.41) is 0. The molecule has 2 heteroatoms. The monoisotopic (exact) mass is 151 g/mol. The van der Waals surface area contributed by atoms with Crippen LogP contribution in [0, 0.1) is 18.3 Å². The highest BCUT2D eigenvalue weighted by atomic mass is 16.2. The van der Waals surface area contributed by atoms with Crippen molar-refractivity contribution in [2.45, 2.75) is 19.8 Å². The molecule has 0 unspecified atom stereocenters. The van der Waals surface area contributed by atoms with Crippen molar-refractivity contribution >= 4 is 5.91 Å². The molecule has 0 spiro atoms. The highest BCUT2D eigenvalue weighted by Gasteiger charge is 2.24. The van der Waals surface area contributed by atoms with Gasteiger partial charge in [-0.2, -0.15) is 0 Å². The molecule has 0 aliphatic heterocycles. The molecule has 1 aliphatic rings. The zero-order chi connectivity index (χ0) is 8.27. The predicted molar refractivity (Wildman–Crippen MR) is 43.8 cm³/mol. The third kappa shape index (κ3) is 2.63. The SMILES string of the molecule is C#CCN(CC1CC1)C(C)=O. The Morgan fingerprint density at radius 2 is 2.36 bits per heavy atom. The fourth-order valence-corrected chi connectivity index (χ4v) is 1.03. The Morgan fingerprint density at radius 3 is 2.73 bits per heavy atom. The first-order chi connectivity index (χ1) is 5.24. The highest BCUT2D eigenvalue weighted by molar-refractivity contribution is 5.73. The number of hydrogen-bond acceptors (Lipinski definition) is 1. The van der Waals surface area contributed by atoms with E-state index in [1.165, 1.54) is 12.8 Å².